The average molecular weight is 229 g/mol. The monoisotopic (exact) mass is 229 g/mol. The summed E-state index contributed by atoms with van der Waals surface area (Å²) < 4.78 is 13.6. The second-order valence-electron chi connectivity index (χ2n) is 4.12. The largest absolute Gasteiger partial charge is 0.370 e. The second kappa shape index (κ2) is 4.13. The lowest BCUT2D eigenvalue weighted by molar-refractivity contribution is 0.629. The van der Waals surface area contributed by atoms with Crippen molar-refractivity contribution in [3.05, 3.63) is 42.1 Å². The van der Waals surface area contributed by atoms with Crippen molar-refractivity contribution in [1.82, 2.24) is 9.97 Å². The van der Waals surface area contributed by atoms with Gasteiger partial charge in [0, 0.05) is 36.3 Å². The number of hydrogen-bond donors (Lipinski definition) is 1. The Morgan fingerprint density at radius 2 is 2.24 bits per heavy atom. The first-order chi connectivity index (χ1) is 8.34. The molecule has 0 fully saturated rings. The molecule has 3 heterocycles. The van der Waals surface area contributed by atoms with E-state index in [2.05, 4.69) is 15.3 Å². The third-order valence-corrected chi connectivity index (χ3v) is 2.96. The zero-order chi connectivity index (χ0) is 11.7. The third-order valence-electron chi connectivity index (χ3n) is 2.96. The summed E-state index contributed by atoms with van der Waals surface area (Å²) in [4.78, 5) is 8.28. The van der Waals surface area contributed by atoms with E-state index in [0.29, 0.717) is 5.56 Å². The fraction of sp³-hybridized carbons (Fsp3) is 0.231. The van der Waals surface area contributed by atoms with Crippen LogP contribution < -0.4 is 5.32 Å². The molecule has 1 aliphatic rings. The lowest BCUT2D eigenvalue weighted by Gasteiger charge is -2.17. The smallest absolute Gasteiger partial charge is 0.134 e. The number of hydrogen-bond acceptors (Lipinski definition) is 3. The minimum absolute atomic E-state index is 0.259. The zero-order valence-electron chi connectivity index (χ0n) is 9.28. The Morgan fingerprint density at radius 3 is 3.12 bits per heavy atom. The zero-order valence-corrected chi connectivity index (χ0v) is 9.28. The van der Waals surface area contributed by atoms with Crippen LogP contribution in [0.2, 0.25) is 0 Å². The summed E-state index contributed by atoms with van der Waals surface area (Å²) in [7, 11) is 0. The number of aryl methyl sites for hydroxylation is 1. The van der Waals surface area contributed by atoms with E-state index >= 15 is 0 Å². The average Bonchev–Trinajstić information content (AvgIpc) is 2.39. The van der Waals surface area contributed by atoms with Gasteiger partial charge in [-0.1, -0.05) is 0 Å². The van der Waals surface area contributed by atoms with E-state index < -0.39 is 0 Å². The highest BCUT2D eigenvalue weighted by Crippen LogP contribution is 2.27. The first kappa shape index (κ1) is 10.2. The maximum absolute atomic E-state index is 13.6. The predicted octanol–water partition coefficient (Wildman–Crippen LogP) is 2.64. The molecule has 17 heavy (non-hydrogen) atoms. The molecule has 0 unspecified atom stereocenters. The van der Waals surface area contributed by atoms with E-state index in [1.165, 1.54) is 18.5 Å². The van der Waals surface area contributed by atoms with E-state index in [1.54, 1.807) is 6.20 Å². The molecule has 0 spiro atoms. The molecule has 2 aromatic rings. The van der Waals surface area contributed by atoms with Crippen molar-refractivity contribution in [3.63, 3.8) is 0 Å². The number of anilines is 1. The molecule has 0 radical (unpaired) electrons. The molecule has 0 aromatic carbocycles. The van der Waals surface area contributed by atoms with Crippen LogP contribution in [0.15, 0.2) is 30.7 Å². The van der Waals surface area contributed by atoms with Crippen LogP contribution in [0.25, 0.3) is 11.1 Å². The summed E-state index contributed by atoms with van der Waals surface area (Å²) in [5, 5.41) is 3.24. The van der Waals surface area contributed by atoms with E-state index in [9.17, 15) is 4.39 Å². The molecule has 1 N–H and O–H groups in total. The quantitative estimate of drug-likeness (QED) is 0.816. The van der Waals surface area contributed by atoms with Crippen LogP contribution in [0.1, 0.15) is 12.0 Å². The first-order valence-electron chi connectivity index (χ1n) is 5.67. The van der Waals surface area contributed by atoms with Gasteiger partial charge in [-0.2, -0.15) is 0 Å². The van der Waals surface area contributed by atoms with Crippen molar-refractivity contribution in [2.75, 3.05) is 11.9 Å². The Hall–Kier alpha value is -1.97. The highest BCUT2D eigenvalue weighted by atomic mass is 19.1. The number of fused-ring (bicyclic) bond motifs is 1. The number of nitrogens with zero attached hydrogens (tertiary/aromatic N) is 2. The van der Waals surface area contributed by atoms with Gasteiger partial charge in [0.25, 0.3) is 0 Å². The summed E-state index contributed by atoms with van der Waals surface area (Å²) in [6.07, 6.45) is 6.76. The second-order valence-corrected chi connectivity index (χ2v) is 4.12. The highest BCUT2D eigenvalue weighted by Gasteiger charge is 2.12. The van der Waals surface area contributed by atoms with Crippen molar-refractivity contribution in [2.45, 2.75) is 12.8 Å². The van der Waals surface area contributed by atoms with Gasteiger partial charge in [-0.05, 0) is 30.5 Å². The van der Waals surface area contributed by atoms with Gasteiger partial charge in [0.2, 0.25) is 0 Å². The topological polar surface area (TPSA) is 37.8 Å². The number of halogens is 1. The van der Waals surface area contributed by atoms with Crippen molar-refractivity contribution < 1.29 is 4.39 Å². The van der Waals surface area contributed by atoms with Crippen LogP contribution in [0.3, 0.4) is 0 Å². The standard InChI is InChI=1S/C13H12FN3/c14-12-3-5-15-8-11(12)10-6-9-2-1-4-16-13(9)17-7-10/h3,5-8H,1-2,4H2,(H,16,17). The van der Waals surface area contributed by atoms with Gasteiger partial charge >= 0.3 is 0 Å². The van der Waals surface area contributed by atoms with E-state index in [0.717, 1.165) is 36.3 Å². The van der Waals surface area contributed by atoms with Crippen LogP contribution in [-0.2, 0) is 6.42 Å². The summed E-state index contributed by atoms with van der Waals surface area (Å²) in [5.74, 6) is 0.662. The van der Waals surface area contributed by atoms with Crippen LogP contribution in [0, 0.1) is 5.82 Å². The first-order valence-corrected chi connectivity index (χ1v) is 5.67. The van der Waals surface area contributed by atoms with Gasteiger partial charge in [0.1, 0.15) is 11.6 Å². The Kier molecular flexibility index (Phi) is 2.48. The van der Waals surface area contributed by atoms with Crippen LogP contribution in [0.5, 0.6) is 0 Å². The Balaban J connectivity index is 2.07. The summed E-state index contributed by atoms with van der Waals surface area (Å²) in [6.45, 7) is 0.959. The minimum Gasteiger partial charge on any atom is -0.370 e. The van der Waals surface area contributed by atoms with Gasteiger partial charge in [0.05, 0.1) is 0 Å². The third kappa shape index (κ3) is 1.86. The van der Waals surface area contributed by atoms with Gasteiger partial charge < -0.3 is 5.32 Å². The molecule has 0 aliphatic carbocycles. The summed E-state index contributed by atoms with van der Waals surface area (Å²) in [6, 6.07) is 3.36. The molecule has 3 rings (SSSR count). The van der Waals surface area contributed by atoms with E-state index in [4.69, 9.17) is 0 Å². The molecule has 0 saturated heterocycles. The summed E-state index contributed by atoms with van der Waals surface area (Å²) in [5.41, 5.74) is 2.45. The number of aromatic nitrogens is 2. The van der Waals surface area contributed by atoms with Crippen molar-refractivity contribution in [3.8, 4) is 11.1 Å². The normalized spacial score (nSPS) is 13.9. The lowest BCUT2D eigenvalue weighted by Crippen LogP contribution is -2.13. The molecule has 3 nitrogen and oxygen atoms in total. The van der Waals surface area contributed by atoms with Gasteiger partial charge in [-0.3, -0.25) is 4.98 Å². The number of rotatable bonds is 1. The minimum atomic E-state index is -0.259. The maximum atomic E-state index is 13.6. The SMILES string of the molecule is Fc1ccncc1-c1cnc2c(c1)CCCN2. The molecule has 1 aliphatic heterocycles. The van der Waals surface area contributed by atoms with Gasteiger partial charge in [-0.25, -0.2) is 9.37 Å². The predicted molar refractivity (Wildman–Crippen MR) is 64.2 cm³/mol. The van der Waals surface area contributed by atoms with Crippen molar-refractivity contribution in [1.29, 1.82) is 0 Å². The molecule has 4 heteroatoms. The Labute approximate surface area is 98.7 Å². The molecular formula is C13H12FN3. The van der Waals surface area contributed by atoms with Crippen LogP contribution in [0.4, 0.5) is 10.2 Å². The molecule has 2 aromatic heterocycles. The molecule has 0 bridgehead atoms. The van der Waals surface area contributed by atoms with Gasteiger partial charge in [0.15, 0.2) is 0 Å². The molecule has 0 atom stereocenters. The molecule has 86 valence electrons. The Bertz CT molecular complexity index is 554. The maximum Gasteiger partial charge on any atom is 0.134 e. The van der Waals surface area contributed by atoms with Crippen molar-refractivity contribution in [2.24, 2.45) is 0 Å². The van der Waals surface area contributed by atoms with Crippen LogP contribution >= 0.6 is 0 Å². The lowest BCUT2D eigenvalue weighted by atomic mass is 10.0. The van der Waals surface area contributed by atoms with Gasteiger partial charge in [-0.15, -0.1) is 0 Å². The summed E-state index contributed by atoms with van der Waals surface area (Å²) >= 11 is 0. The number of pyridine rings is 2. The molecular weight excluding hydrogens is 217 g/mol. The fourth-order valence-electron chi connectivity index (χ4n) is 2.08. The number of nitrogens with one attached hydrogen (secondary N) is 1. The molecule has 0 saturated carbocycles. The van der Waals surface area contributed by atoms with Crippen molar-refractivity contribution >= 4 is 5.82 Å². The Morgan fingerprint density at radius 1 is 1.29 bits per heavy atom. The fourth-order valence-corrected chi connectivity index (χ4v) is 2.08. The van der Waals surface area contributed by atoms with E-state index in [-0.39, 0.29) is 5.82 Å². The highest BCUT2D eigenvalue weighted by molar-refractivity contribution is 5.65. The molecule has 0 amide bonds. The van der Waals surface area contributed by atoms with Crippen LogP contribution in [-0.4, -0.2) is 16.5 Å². The van der Waals surface area contributed by atoms with E-state index in [1.807, 2.05) is 6.07 Å².